The summed E-state index contributed by atoms with van der Waals surface area (Å²) in [6, 6.07) is 0. The molecule has 4 heteroatoms. The highest BCUT2D eigenvalue weighted by Crippen LogP contribution is 2.09. The zero-order valence-corrected chi connectivity index (χ0v) is 11.3. The second-order valence-corrected chi connectivity index (χ2v) is 4.62. The molecule has 1 N–H and O–H groups in total. The van der Waals surface area contributed by atoms with Gasteiger partial charge in [-0.25, -0.2) is 0 Å². The first-order chi connectivity index (χ1) is 8.17. The highest BCUT2D eigenvalue weighted by molar-refractivity contribution is 5.14. The predicted octanol–water partition coefficient (Wildman–Crippen LogP) is 1.71. The van der Waals surface area contributed by atoms with E-state index in [1.54, 1.807) is 0 Å². The summed E-state index contributed by atoms with van der Waals surface area (Å²) in [6.45, 7) is 7.18. The van der Waals surface area contributed by atoms with E-state index in [1.165, 1.54) is 24.8 Å². The highest BCUT2D eigenvalue weighted by Gasteiger charge is 2.09. The van der Waals surface area contributed by atoms with Gasteiger partial charge in [-0.05, 0) is 19.9 Å². The van der Waals surface area contributed by atoms with Crippen molar-refractivity contribution in [2.75, 3.05) is 19.7 Å². The Hall–Kier alpha value is -0.870. The summed E-state index contributed by atoms with van der Waals surface area (Å²) in [5.74, 6) is 0. The van der Waals surface area contributed by atoms with E-state index < -0.39 is 0 Å². The summed E-state index contributed by atoms with van der Waals surface area (Å²) in [7, 11) is 1.95. The average molecular weight is 239 g/mol. The molecule has 0 radical (unpaired) electrons. The first-order valence-electron chi connectivity index (χ1n) is 6.49. The smallest absolute Gasteiger partial charge is 0.0638 e. The van der Waals surface area contributed by atoms with Crippen molar-refractivity contribution in [2.24, 2.45) is 7.05 Å². The van der Waals surface area contributed by atoms with Gasteiger partial charge in [-0.1, -0.05) is 19.8 Å². The van der Waals surface area contributed by atoms with Crippen LogP contribution in [0.1, 0.15) is 37.4 Å². The number of aliphatic hydroxyl groups excluding tert-OH is 1. The van der Waals surface area contributed by atoms with E-state index in [0.29, 0.717) is 0 Å². The van der Waals surface area contributed by atoms with Gasteiger partial charge in [-0.3, -0.25) is 9.58 Å². The maximum atomic E-state index is 9.08. The minimum atomic E-state index is 0.228. The molecule has 4 nitrogen and oxygen atoms in total. The van der Waals surface area contributed by atoms with Gasteiger partial charge in [0.1, 0.15) is 0 Å². The van der Waals surface area contributed by atoms with Gasteiger partial charge >= 0.3 is 0 Å². The molecule has 0 atom stereocenters. The van der Waals surface area contributed by atoms with Crippen molar-refractivity contribution in [1.82, 2.24) is 14.7 Å². The van der Waals surface area contributed by atoms with Crippen molar-refractivity contribution in [3.63, 3.8) is 0 Å². The molecule has 0 aliphatic rings. The molecule has 0 spiro atoms. The fourth-order valence-electron chi connectivity index (χ4n) is 2.04. The first kappa shape index (κ1) is 14.2. The van der Waals surface area contributed by atoms with E-state index in [9.17, 15) is 0 Å². The Morgan fingerprint density at radius 3 is 2.65 bits per heavy atom. The van der Waals surface area contributed by atoms with Crippen LogP contribution in [0.5, 0.6) is 0 Å². The topological polar surface area (TPSA) is 41.3 Å². The minimum Gasteiger partial charge on any atom is -0.395 e. The minimum absolute atomic E-state index is 0.228. The van der Waals surface area contributed by atoms with Gasteiger partial charge in [-0.15, -0.1) is 0 Å². The predicted molar refractivity (Wildman–Crippen MR) is 69.8 cm³/mol. The lowest BCUT2D eigenvalue weighted by atomic mass is 10.2. The van der Waals surface area contributed by atoms with Crippen LogP contribution in [-0.2, 0) is 13.6 Å². The largest absolute Gasteiger partial charge is 0.395 e. The Bertz CT molecular complexity index is 322. The molecule has 1 heterocycles. The molecule has 0 aliphatic carbocycles. The van der Waals surface area contributed by atoms with Crippen LogP contribution in [0.4, 0.5) is 0 Å². The molecule has 0 saturated carbocycles. The number of hydrogen-bond donors (Lipinski definition) is 1. The Kier molecular flexibility index (Phi) is 6.22. The van der Waals surface area contributed by atoms with E-state index in [1.807, 2.05) is 18.7 Å². The van der Waals surface area contributed by atoms with Crippen molar-refractivity contribution in [3.05, 3.63) is 17.5 Å². The lowest BCUT2D eigenvalue weighted by Gasteiger charge is -2.20. The van der Waals surface area contributed by atoms with Crippen LogP contribution in [0.15, 0.2) is 6.20 Å². The lowest BCUT2D eigenvalue weighted by Crippen LogP contribution is -2.27. The van der Waals surface area contributed by atoms with Crippen LogP contribution in [0.2, 0.25) is 0 Å². The zero-order valence-electron chi connectivity index (χ0n) is 11.3. The number of rotatable bonds is 8. The molecular formula is C13H25N3O. The zero-order chi connectivity index (χ0) is 12.7. The number of aliphatic hydroxyl groups is 1. The van der Waals surface area contributed by atoms with Crippen LogP contribution in [-0.4, -0.2) is 39.5 Å². The summed E-state index contributed by atoms with van der Waals surface area (Å²) in [5, 5.41) is 13.4. The van der Waals surface area contributed by atoms with Crippen molar-refractivity contribution in [1.29, 1.82) is 0 Å². The monoisotopic (exact) mass is 239 g/mol. The normalized spacial score (nSPS) is 11.4. The summed E-state index contributed by atoms with van der Waals surface area (Å²) in [6.07, 6.45) is 5.77. The Morgan fingerprint density at radius 1 is 1.35 bits per heavy atom. The van der Waals surface area contributed by atoms with Crippen molar-refractivity contribution in [2.45, 2.75) is 39.7 Å². The summed E-state index contributed by atoms with van der Waals surface area (Å²) in [5.41, 5.74) is 2.35. The van der Waals surface area contributed by atoms with Crippen LogP contribution in [0.25, 0.3) is 0 Å². The summed E-state index contributed by atoms with van der Waals surface area (Å²) >= 11 is 0. The van der Waals surface area contributed by atoms with E-state index in [0.717, 1.165) is 25.3 Å². The second kappa shape index (κ2) is 7.45. The van der Waals surface area contributed by atoms with E-state index in [2.05, 4.69) is 23.1 Å². The van der Waals surface area contributed by atoms with E-state index in [-0.39, 0.29) is 6.61 Å². The maximum absolute atomic E-state index is 9.08. The molecule has 1 aromatic rings. The molecule has 0 saturated heterocycles. The SMILES string of the molecule is CCCCCN(CCO)Cc1cn(C)nc1C. The second-order valence-electron chi connectivity index (χ2n) is 4.62. The molecule has 0 aromatic carbocycles. The fraction of sp³-hybridized carbons (Fsp3) is 0.769. The van der Waals surface area contributed by atoms with Crippen molar-refractivity contribution < 1.29 is 5.11 Å². The van der Waals surface area contributed by atoms with Gasteiger partial charge < -0.3 is 5.11 Å². The molecule has 17 heavy (non-hydrogen) atoms. The lowest BCUT2D eigenvalue weighted by molar-refractivity contribution is 0.187. The fourth-order valence-corrected chi connectivity index (χ4v) is 2.04. The standard InChI is InChI=1S/C13H25N3O/c1-4-5-6-7-16(8-9-17)11-13-10-15(3)14-12(13)2/h10,17H,4-9,11H2,1-3H3. The maximum Gasteiger partial charge on any atom is 0.0638 e. The molecule has 0 amide bonds. The molecule has 1 rings (SSSR count). The number of nitrogens with zero attached hydrogens (tertiary/aromatic N) is 3. The van der Waals surface area contributed by atoms with Gasteiger partial charge in [0, 0.05) is 31.9 Å². The van der Waals surface area contributed by atoms with Crippen LogP contribution in [0, 0.1) is 6.92 Å². The summed E-state index contributed by atoms with van der Waals surface area (Å²) < 4.78 is 1.85. The Morgan fingerprint density at radius 2 is 2.12 bits per heavy atom. The van der Waals surface area contributed by atoms with Gasteiger partial charge in [0.15, 0.2) is 0 Å². The number of hydrogen-bond acceptors (Lipinski definition) is 3. The van der Waals surface area contributed by atoms with Gasteiger partial charge in [0.2, 0.25) is 0 Å². The molecular weight excluding hydrogens is 214 g/mol. The number of aromatic nitrogens is 2. The van der Waals surface area contributed by atoms with Crippen LogP contribution in [0.3, 0.4) is 0 Å². The average Bonchev–Trinajstić information content (AvgIpc) is 2.58. The van der Waals surface area contributed by atoms with Crippen molar-refractivity contribution >= 4 is 0 Å². The highest BCUT2D eigenvalue weighted by atomic mass is 16.3. The molecule has 0 unspecified atom stereocenters. The van der Waals surface area contributed by atoms with Crippen molar-refractivity contribution in [3.8, 4) is 0 Å². The van der Waals surface area contributed by atoms with E-state index >= 15 is 0 Å². The summed E-state index contributed by atoms with van der Waals surface area (Å²) in [4.78, 5) is 2.31. The van der Waals surface area contributed by atoms with E-state index in [4.69, 9.17) is 5.11 Å². The third-order valence-electron chi connectivity index (χ3n) is 3.00. The number of unbranched alkanes of at least 4 members (excludes halogenated alkanes) is 2. The Labute approximate surface area is 104 Å². The third kappa shape index (κ3) is 4.88. The molecule has 0 bridgehead atoms. The quantitative estimate of drug-likeness (QED) is 0.702. The first-order valence-corrected chi connectivity index (χ1v) is 6.49. The number of aryl methyl sites for hydroxylation is 2. The Balaban J connectivity index is 2.50. The molecule has 0 fully saturated rings. The molecule has 1 aromatic heterocycles. The van der Waals surface area contributed by atoms with Crippen LogP contribution >= 0.6 is 0 Å². The van der Waals surface area contributed by atoms with Crippen LogP contribution < -0.4 is 0 Å². The third-order valence-corrected chi connectivity index (χ3v) is 3.00. The van der Waals surface area contributed by atoms with Gasteiger partial charge in [0.25, 0.3) is 0 Å². The molecule has 98 valence electrons. The molecule has 0 aliphatic heterocycles. The van der Waals surface area contributed by atoms with Gasteiger partial charge in [-0.2, -0.15) is 5.10 Å². The van der Waals surface area contributed by atoms with Gasteiger partial charge in [0.05, 0.1) is 12.3 Å².